The van der Waals surface area contributed by atoms with Gasteiger partial charge in [0.15, 0.2) is 0 Å². The summed E-state index contributed by atoms with van der Waals surface area (Å²) in [5.74, 6) is 0.0345. The van der Waals surface area contributed by atoms with Gasteiger partial charge in [0.2, 0.25) is 5.91 Å². The summed E-state index contributed by atoms with van der Waals surface area (Å²) in [6.45, 7) is 2.60. The number of hydrogen-bond donors (Lipinski definition) is 3. The van der Waals surface area contributed by atoms with Gasteiger partial charge in [-0.05, 0) is 6.42 Å². The molecule has 0 saturated carbocycles. The van der Waals surface area contributed by atoms with E-state index in [9.17, 15) is 14.4 Å². The number of nitrogens with zero attached hydrogens (tertiary/aromatic N) is 2. The predicted molar refractivity (Wildman–Crippen MR) is 77.8 cm³/mol. The van der Waals surface area contributed by atoms with Gasteiger partial charge in [-0.3, -0.25) is 19.1 Å². The molecule has 0 fully saturated rings. The minimum absolute atomic E-state index is 0.0608. The summed E-state index contributed by atoms with van der Waals surface area (Å²) in [7, 11) is 3.32. The Morgan fingerprint density at radius 3 is 2.60 bits per heavy atom. The Bertz CT molecular complexity index is 588. The lowest BCUT2D eigenvalue weighted by atomic mass is 10.3. The van der Waals surface area contributed by atoms with E-state index < -0.39 is 11.2 Å². The van der Waals surface area contributed by atoms with Crippen molar-refractivity contribution < 1.29 is 4.79 Å². The van der Waals surface area contributed by atoms with Crippen LogP contribution in [0.2, 0.25) is 0 Å². The molecule has 0 aromatic carbocycles. The molecule has 0 unspecified atom stereocenters. The Hall–Kier alpha value is -2.25. The first-order valence-corrected chi connectivity index (χ1v) is 6.45. The van der Waals surface area contributed by atoms with Crippen LogP contribution in [0.25, 0.3) is 0 Å². The van der Waals surface area contributed by atoms with Crippen LogP contribution in [0.1, 0.15) is 19.8 Å². The smallest absolute Gasteiger partial charge is 0.330 e. The van der Waals surface area contributed by atoms with Crippen LogP contribution in [0.5, 0.6) is 0 Å². The van der Waals surface area contributed by atoms with Gasteiger partial charge in [0, 0.05) is 33.6 Å². The highest BCUT2D eigenvalue weighted by atomic mass is 16.2. The summed E-state index contributed by atoms with van der Waals surface area (Å²) >= 11 is 0. The van der Waals surface area contributed by atoms with Crippen molar-refractivity contribution in [3.63, 3.8) is 0 Å². The number of aromatic nitrogens is 2. The third-order valence-electron chi connectivity index (χ3n) is 2.83. The van der Waals surface area contributed by atoms with E-state index in [1.165, 1.54) is 9.47 Å². The molecule has 1 rings (SSSR count). The molecule has 20 heavy (non-hydrogen) atoms. The number of nitrogen functional groups attached to an aromatic ring is 1. The standard InChI is InChI=1S/C12H21N5O3/c1-4-7-17-10(13)9(11(19)15-12(17)20)14-6-5-8(18)16(2)3/h14H,4-7,13H2,1-3H3,(H,15,19,20). The maximum atomic E-state index is 11.7. The van der Waals surface area contributed by atoms with Crippen LogP contribution in [-0.2, 0) is 11.3 Å². The van der Waals surface area contributed by atoms with Gasteiger partial charge in [-0.15, -0.1) is 0 Å². The lowest BCUT2D eigenvalue weighted by molar-refractivity contribution is -0.128. The van der Waals surface area contributed by atoms with E-state index in [-0.39, 0.29) is 30.4 Å². The Balaban J connectivity index is 2.90. The van der Waals surface area contributed by atoms with E-state index in [0.717, 1.165) is 0 Å². The molecule has 8 heteroatoms. The van der Waals surface area contributed by atoms with Gasteiger partial charge < -0.3 is 16.0 Å². The Labute approximate surface area is 116 Å². The molecule has 1 aromatic rings. The van der Waals surface area contributed by atoms with Gasteiger partial charge in [-0.2, -0.15) is 0 Å². The second-order valence-corrected chi connectivity index (χ2v) is 4.64. The summed E-state index contributed by atoms with van der Waals surface area (Å²) in [5.41, 5.74) is 4.87. The highest BCUT2D eigenvalue weighted by Crippen LogP contribution is 2.10. The van der Waals surface area contributed by atoms with Crippen LogP contribution in [0, 0.1) is 0 Å². The SMILES string of the molecule is CCCn1c(N)c(NCCC(=O)N(C)C)c(=O)[nH]c1=O. The second kappa shape index (κ2) is 6.78. The first-order valence-electron chi connectivity index (χ1n) is 6.45. The van der Waals surface area contributed by atoms with Gasteiger partial charge in [0.25, 0.3) is 5.56 Å². The van der Waals surface area contributed by atoms with Crippen molar-refractivity contribution in [1.82, 2.24) is 14.5 Å². The van der Waals surface area contributed by atoms with Crippen molar-refractivity contribution in [2.45, 2.75) is 26.3 Å². The fourth-order valence-electron chi connectivity index (χ4n) is 1.72. The number of nitrogens with two attached hydrogens (primary N) is 1. The minimum Gasteiger partial charge on any atom is -0.383 e. The number of H-pyrrole nitrogens is 1. The fourth-order valence-corrected chi connectivity index (χ4v) is 1.72. The van der Waals surface area contributed by atoms with E-state index in [2.05, 4.69) is 10.3 Å². The predicted octanol–water partition coefficient (Wildman–Crippen LogP) is -0.581. The number of rotatable bonds is 6. The van der Waals surface area contributed by atoms with Crippen molar-refractivity contribution >= 4 is 17.4 Å². The molecular weight excluding hydrogens is 262 g/mol. The number of amides is 1. The average molecular weight is 283 g/mol. The average Bonchev–Trinajstić information content (AvgIpc) is 2.37. The zero-order valence-electron chi connectivity index (χ0n) is 12.0. The molecule has 0 saturated heterocycles. The summed E-state index contributed by atoms with van der Waals surface area (Å²) in [6, 6.07) is 0. The number of carbonyl (C=O) groups excluding carboxylic acids is 1. The summed E-state index contributed by atoms with van der Waals surface area (Å²) in [4.78, 5) is 38.4. The first-order chi connectivity index (χ1) is 9.38. The number of hydrogen-bond acceptors (Lipinski definition) is 5. The van der Waals surface area contributed by atoms with Crippen LogP contribution in [-0.4, -0.2) is 41.0 Å². The topological polar surface area (TPSA) is 113 Å². The van der Waals surface area contributed by atoms with Gasteiger partial charge in [0.05, 0.1) is 0 Å². The van der Waals surface area contributed by atoms with E-state index in [1.54, 1.807) is 14.1 Å². The monoisotopic (exact) mass is 283 g/mol. The number of anilines is 2. The maximum absolute atomic E-state index is 11.7. The Morgan fingerprint density at radius 2 is 2.05 bits per heavy atom. The Kier molecular flexibility index (Phi) is 5.36. The molecule has 4 N–H and O–H groups in total. The maximum Gasteiger partial charge on any atom is 0.330 e. The van der Waals surface area contributed by atoms with Crippen molar-refractivity contribution in [1.29, 1.82) is 0 Å². The molecule has 1 amide bonds. The molecule has 0 aliphatic rings. The Morgan fingerprint density at radius 1 is 1.40 bits per heavy atom. The molecule has 0 aliphatic carbocycles. The third-order valence-corrected chi connectivity index (χ3v) is 2.83. The minimum atomic E-state index is -0.572. The third kappa shape index (κ3) is 3.62. The molecule has 0 radical (unpaired) electrons. The van der Waals surface area contributed by atoms with E-state index in [0.29, 0.717) is 13.0 Å². The molecule has 0 atom stereocenters. The summed E-state index contributed by atoms with van der Waals surface area (Å²) in [5, 5.41) is 2.82. The van der Waals surface area contributed by atoms with Crippen LogP contribution in [0.15, 0.2) is 9.59 Å². The van der Waals surface area contributed by atoms with Crippen molar-refractivity contribution in [3.8, 4) is 0 Å². The fraction of sp³-hybridized carbons (Fsp3) is 0.583. The second-order valence-electron chi connectivity index (χ2n) is 4.64. The normalized spacial score (nSPS) is 10.3. The lowest BCUT2D eigenvalue weighted by Gasteiger charge is -2.14. The van der Waals surface area contributed by atoms with E-state index in [1.807, 2.05) is 6.92 Å². The first kappa shape index (κ1) is 15.8. The molecule has 0 bridgehead atoms. The van der Waals surface area contributed by atoms with Crippen LogP contribution < -0.4 is 22.3 Å². The van der Waals surface area contributed by atoms with Crippen LogP contribution in [0.4, 0.5) is 11.5 Å². The highest BCUT2D eigenvalue weighted by molar-refractivity contribution is 5.76. The summed E-state index contributed by atoms with van der Waals surface area (Å²) < 4.78 is 1.30. The van der Waals surface area contributed by atoms with Crippen LogP contribution >= 0.6 is 0 Å². The highest BCUT2D eigenvalue weighted by Gasteiger charge is 2.12. The van der Waals surface area contributed by atoms with Gasteiger partial charge in [-0.25, -0.2) is 4.79 Å². The van der Waals surface area contributed by atoms with Gasteiger partial charge in [0.1, 0.15) is 11.5 Å². The largest absolute Gasteiger partial charge is 0.383 e. The number of aromatic amines is 1. The molecule has 0 aliphatic heterocycles. The molecule has 0 spiro atoms. The molecular formula is C12H21N5O3. The van der Waals surface area contributed by atoms with Gasteiger partial charge >= 0.3 is 5.69 Å². The number of nitrogens with one attached hydrogen (secondary N) is 2. The summed E-state index contributed by atoms with van der Waals surface area (Å²) in [6.07, 6.45) is 0.952. The number of carbonyl (C=O) groups is 1. The molecule has 112 valence electrons. The quantitative estimate of drug-likeness (QED) is 0.646. The van der Waals surface area contributed by atoms with Crippen molar-refractivity contribution in [2.24, 2.45) is 0 Å². The molecule has 1 aromatic heterocycles. The van der Waals surface area contributed by atoms with E-state index in [4.69, 9.17) is 5.73 Å². The zero-order valence-corrected chi connectivity index (χ0v) is 12.0. The molecule has 8 nitrogen and oxygen atoms in total. The van der Waals surface area contributed by atoms with Crippen molar-refractivity contribution in [2.75, 3.05) is 31.7 Å². The molecule has 1 heterocycles. The van der Waals surface area contributed by atoms with Crippen LogP contribution in [0.3, 0.4) is 0 Å². The van der Waals surface area contributed by atoms with Crippen molar-refractivity contribution in [3.05, 3.63) is 20.8 Å². The zero-order chi connectivity index (χ0) is 15.3. The van der Waals surface area contributed by atoms with Gasteiger partial charge in [-0.1, -0.05) is 6.92 Å². The van der Waals surface area contributed by atoms with E-state index >= 15 is 0 Å². The lowest BCUT2D eigenvalue weighted by Crippen LogP contribution is -2.34.